The number of hydrogen-bond donors (Lipinski definition) is 0. The molecule has 0 aliphatic carbocycles. The number of rotatable bonds is 4. The van der Waals surface area contributed by atoms with Crippen molar-refractivity contribution in [1.82, 2.24) is 29.7 Å². The van der Waals surface area contributed by atoms with E-state index >= 15 is 0 Å². The van der Waals surface area contributed by atoms with Crippen LogP contribution in [0, 0.1) is 6.92 Å². The summed E-state index contributed by atoms with van der Waals surface area (Å²) in [6.45, 7) is 3.67. The van der Waals surface area contributed by atoms with Gasteiger partial charge in [0.25, 0.3) is 5.56 Å². The van der Waals surface area contributed by atoms with Gasteiger partial charge in [0.2, 0.25) is 17.7 Å². The fourth-order valence-electron chi connectivity index (χ4n) is 3.86. The molecule has 3 aromatic heterocycles. The molecular weight excluding hydrogens is 422 g/mol. The van der Waals surface area contributed by atoms with E-state index in [1.54, 1.807) is 30.8 Å². The van der Waals surface area contributed by atoms with E-state index in [9.17, 15) is 4.79 Å². The molecule has 168 valence electrons. The van der Waals surface area contributed by atoms with E-state index < -0.39 is 0 Å². The number of aromatic nitrogens is 6. The Morgan fingerprint density at radius 3 is 2.67 bits per heavy atom. The van der Waals surface area contributed by atoms with Crippen LogP contribution in [0.4, 0.5) is 5.95 Å². The number of benzene rings is 1. The van der Waals surface area contributed by atoms with Crippen molar-refractivity contribution in [3.8, 4) is 22.8 Å². The molecule has 1 fully saturated rings. The highest BCUT2D eigenvalue weighted by Gasteiger charge is 2.24. The first kappa shape index (κ1) is 21.0. The molecule has 1 saturated heterocycles. The van der Waals surface area contributed by atoms with E-state index in [-0.39, 0.29) is 11.7 Å². The molecule has 0 bridgehead atoms. The summed E-state index contributed by atoms with van der Waals surface area (Å²) in [5, 5.41) is 3.97. The normalized spacial score (nSPS) is 16.5. The molecule has 0 N–H and O–H groups in total. The molecule has 0 radical (unpaired) electrons. The van der Waals surface area contributed by atoms with Gasteiger partial charge < -0.3 is 14.2 Å². The molecule has 1 atom stereocenters. The van der Waals surface area contributed by atoms with Crippen molar-refractivity contribution in [3.05, 3.63) is 70.7 Å². The second-order valence-corrected chi connectivity index (χ2v) is 7.85. The predicted octanol–water partition coefficient (Wildman–Crippen LogP) is 2.56. The van der Waals surface area contributed by atoms with Crippen molar-refractivity contribution in [2.45, 2.75) is 19.4 Å². The minimum Gasteiger partial charge on any atom is -0.372 e. The Kier molecular flexibility index (Phi) is 5.66. The zero-order valence-electron chi connectivity index (χ0n) is 18.4. The molecule has 0 saturated carbocycles. The van der Waals surface area contributed by atoms with Gasteiger partial charge in [-0.15, -0.1) is 0 Å². The molecule has 10 heteroatoms. The van der Waals surface area contributed by atoms with E-state index in [4.69, 9.17) is 14.2 Å². The van der Waals surface area contributed by atoms with Crippen LogP contribution in [0.2, 0.25) is 0 Å². The van der Waals surface area contributed by atoms with Gasteiger partial charge in [0.1, 0.15) is 12.4 Å². The number of ether oxygens (including phenoxy) is 1. The molecular formula is C23H23N7O3. The highest BCUT2D eigenvalue weighted by Crippen LogP contribution is 2.27. The van der Waals surface area contributed by atoms with Crippen LogP contribution in [0.25, 0.3) is 22.8 Å². The lowest BCUT2D eigenvalue weighted by Crippen LogP contribution is -2.34. The number of nitrogens with zero attached hydrogens (tertiary/aromatic N) is 7. The molecule has 5 rings (SSSR count). The first-order valence-corrected chi connectivity index (χ1v) is 10.7. The predicted molar refractivity (Wildman–Crippen MR) is 120 cm³/mol. The van der Waals surface area contributed by atoms with Crippen LogP contribution in [-0.4, -0.2) is 49.4 Å². The van der Waals surface area contributed by atoms with E-state index in [0.29, 0.717) is 42.2 Å². The second kappa shape index (κ2) is 8.91. The van der Waals surface area contributed by atoms with E-state index in [0.717, 1.165) is 24.1 Å². The topological polar surface area (TPSA) is 112 Å². The Bertz CT molecular complexity index is 1300. The average molecular weight is 445 g/mol. The van der Waals surface area contributed by atoms with Crippen LogP contribution >= 0.6 is 0 Å². The van der Waals surface area contributed by atoms with Crippen molar-refractivity contribution in [2.75, 3.05) is 24.6 Å². The van der Waals surface area contributed by atoms with Gasteiger partial charge in [-0.3, -0.25) is 9.36 Å². The van der Waals surface area contributed by atoms with E-state index in [2.05, 4.69) is 25.0 Å². The fourth-order valence-corrected chi connectivity index (χ4v) is 3.86. The third kappa shape index (κ3) is 4.37. The van der Waals surface area contributed by atoms with E-state index in [1.807, 2.05) is 24.3 Å². The third-order valence-electron chi connectivity index (χ3n) is 5.58. The van der Waals surface area contributed by atoms with Crippen molar-refractivity contribution < 1.29 is 9.26 Å². The highest BCUT2D eigenvalue weighted by molar-refractivity contribution is 5.56. The monoisotopic (exact) mass is 445 g/mol. The van der Waals surface area contributed by atoms with Crippen LogP contribution in [0.1, 0.15) is 24.0 Å². The lowest BCUT2D eigenvalue weighted by molar-refractivity contribution is 0.0685. The molecule has 10 nitrogen and oxygen atoms in total. The Labute approximate surface area is 189 Å². The van der Waals surface area contributed by atoms with Crippen molar-refractivity contribution in [3.63, 3.8) is 0 Å². The molecule has 0 unspecified atom stereocenters. The van der Waals surface area contributed by atoms with Crippen LogP contribution in [0.3, 0.4) is 0 Å². The third-order valence-corrected chi connectivity index (χ3v) is 5.58. The Morgan fingerprint density at radius 2 is 1.94 bits per heavy atom. The summed E-state index contributed by atoms with van der Waals surface area (Å²) in [6.07, 6.45) is 3.73. The second-order valence-electron chi connectivity index (χ2n) is 7.85. The van der Waals surface area contributed by atoms with Crippen LogP contribution in [0.5, 0.6) is 0 Å². The largest absolute Gasteiger partial charge is 0.372 e. The van der Waals surface area contributed by atoms with Crippen LogP contribution < -0.4 is 10.5 Å². The standard InChI is InChI=1S/C23H23N7O3/c1-15-26-22(28-33-15)17-6-4-16(5-7-17)20-13-30(10-3-11-32-20)23-27-19(12-21(31)29(23)2)18-8-9-24-14-25-18/h4-9,12,14,20H,3,10-11,13H2,1-2H3/t20-/m0/s1. The summed E-state index contributed by atoms with van der Waals surface area (Å²) in [4.78, 5) is 32.0. The van der Waals surface area contributed by atoms with Gasteiger partial charge in [0.15, 0.2) is 0 Å². The smallest absolute Gasteiger partial charge is 0.255 e. The Morgan fingerprint density at radius 1 is 1.09 bits per heavy atom. The summed E-state index contributed by atoms with van der Waals surface area (Å²) in [7, 11) is 1.73. The van der Waals surface area contributed by atoms with E-state index in [1.165, 1.54) is 12.4 Å². The summed E-state index contributed by atoms with van der Waals surface area (Å²) in [6, 6.07) is 11.2. The minimum atomic E-state index is -0.173. The number of hydrogen-bond acceptors (Lipinski definition) is 9. The minimum absolute atomic E-state index is 0.143. The molecule has 33 heavy (non-hydrogen) atoms. The zero-order chi connectivity index (χ0) is 22.8. The summed E-state index contributed by atoms with van der Waals surface area (Å²) in [5.41, 5.74) is 2.90. The van der Waals surface area contributed by atoms with Gasteiger partial charge in [-0.05, 0) is 18.1 Å². The lowest BCUT2D eigenvalue weighted by Gasteiger charge is -2.26. The number of aryl methyl sites for hydroxylation is 1. The molecule has 4 heterocycles. The van der Waals surface area contributed by atoms with Crippen LogP contribution in [0.15, 0.2) is 58.2 Å². The van der Waals surface area contributed by atoms with Gasteiger partial charge in [-0.1, -0.05) is 29.4 Å². The summed E-state index contributed by atoms with van der Waals surface area (Å²) in [5.74, 6) is 1.67. The number of anilines is 1. The quantitative estimate of drug-likeness (QED) is 0.468. The molecule has 4 aromatic rings. The first-order chi connectivity index (χ1) is 16.1. The van der Waals surface area contributed by atoms with Crippen molar-refractivity contribution in [2.24, 2.45) is 7.05 Å². The first-order valence-electron chi connectivity index (χ1n) is 10.7. The summed E-state index contributed by atoms with van der Waals surface area (Å²) < 4.78 is 12.8. The van der Waals surface area contributed by atoms with Crippen molar-refractivity contribution >= 4 is 5.95 Å². The highest BCUT2D eigenvalue weighted by atomic mass is 16.5. The molecule has 0 spiro atoms. The van der Waals surface area contributed by atoms with Crippen molar-refractivity contribution in [1.29, 1.82) is 0 Å². The Balaban J connectivity index is 1.43. The molecule has 1 aliphatic heterocycles. The fraction of sp³-hybridized carbons (Fsp3) is 0.304. The summed E-state index contributed by atoms with van der Waals surface area (Å²) >= 11 is 0. The van der Waals surface area contributed by atoms with Gasteiger partial charge >= 0.3 is 0 Å². The lowest BCUT2D eigenvalue weighted by atomic mass is 10.1. The van der Waals surface area contributed by atoms with Crippen LogP contribution in [-0.2, 0) is 11.8 Å². The SMILES string of the molecule is Cc1nc(-c2ccc([C@@H]3CN(c4nc(-c5ccncn5)cc(=O)n4C)CCCO3)cc2)no1. The average Bonchev–Trinajstić information content (AvgIpc) is 3.13. The molecule has 1 aromatic carbocycles. The zero-order valence-corrected chi connectivity index (χ0v) is 18.4. The van der Waals surface area contributed by atoms with Gasteiger partial charge in [0.05, 0.1) is 17.9 Å². The van der Waals surface area contributed by atoms with Gasteiger partial charge in [-0.2, -0.15) is 4.98 Å². The van der Waals surface area contributed by atoms with Gasteiger partial charge in [0, 0.05) is 44.9 Å². The molecule has 1 aliphatic rings. The molecule has 0 amide bonds. The maximum Gasteiger partial charge on any atom is 0.255 e. The maximum atomic E-state index is 12.7. The maximum absolute atomic E-state index is 12.7. The Hall–Kier alpha value is -3.92. The van der Waals surface area contributed by atoms with Gasteiger partial charge in [-0.25, -0.2) is 15.0 Å².